The van der Waals surface area contributed by atoms with Gasteiger partial charge in [0.05, 0.1) is 0 Å². The Morgan fingerprint density at radius 3 is 2.32 bits per heavy atom. The van der Waals surface area contributed by atoms with Gasteiger partial charge >= 0.3 is 0 Å². The summed E-state index contributed by atoms with van der Waals surface area (Å²) in [6.45, 7) is 2.13. The third-order valence-electron chi connectivity index (χ3n) is 3.46. The van der Waals surface area contributed by atoms with E-state index in [9.17, 15) is 17.6 Å². The second-order valence-corrected chi connectivity index (χ2v) is 6.15. The third kappa shape index (κ3) is 5.56. The van der Waals surface area contributed by atoms with Crippen LogP contribution in [-0.2, 0) is 6.54 Å². The first kappa shape index (κ1) is 21.7. The first-order chi connectivity index (χ1) is 11.4. The van der Waals surface area contributed by atoms with Crippen molar-refractivity contribution >= 4 is 41.3 Å². The number of nitrogens with one attached hydrogen (secondary N) is 2. The SMILES string of the molecule is CN=C(NCc1c(F)c(F)cc(F)c1F)NCC(C)c1cccs1.I. The Balaban J connectivity index is 0.00000312. The van der Waals surface area contributed by atoms with Gasteiger partial charge in [-0.2, -0.15) is 0 Å². The van der Waals surface area contributed by atoms with Crippen LogP contribution in [0, 0.1) is 23.3 Å². The second-order valence-electron chi connectivity index (χ2n) is 5.17. The van der Waals surface area contributed by atoms with Crippen molar-refractivity contribution in [3.8, 4) is 0 Å². The van der Waals surface area contributed by atoms with E-state index in [1.165, 1.54) is 11.9 Å². The van der Waals surface area contributed by atoms with Gasteiger partial charge in [0.2, 0.25) is 0 Å². The quantitative estimate of drug-likeness (QED) is 0.216. The molecule has 2 rings (SSSR count). The zero-order valence-corrected chi connectivity index (χ0v) is 16.7. The molecule has 0 spiro atoms. The van der Waals surface area contributed by atoms with Crippen molar-refractivity contribution in [2.24, 2.45) is 4.99 Å². The number of hydrogen-bond acceptors (Lipinski definition) is 2. The maximum Gasteiger partial charge on any atom is 0.191 e. The third-order valence-corrected chi connectivity index (χ3v) is 4.57. The van der Waals surface area contributed by atoms with Crippen LogP contribution in [0.15, 0.2) is 28.6 Å². The lowest BCUT2D eigenvalue weighted by molar-refractivity contribution is 0.437. The molecule has 0 saturated heterocycles. The summed E-state index contributed by atoms with van der Waals surface area (Å²) in [5, 5.41) is 7.64. The summed E-state index contributed by atoms with van der Waals surface area (Å²) >= 11 is 1.62. The van der Waals surface area contributed by atoms with Crippen LogP contribution in [0.1, 0.15) is 23.3 Å². The number of aliphatic imine (C=N–C) groups is 1. The molecule has 3 nitrogen and oxygen atoms in total. The van der Waals surface area contributed by atoms with Gasteiger partial charge in [-0.1, -0.05) is 13.0 Å². The number of nitrogens with zero attached hydrogens (tertiary/aromatic N) is 1. The lowest BCUT2D eigenvalue weighted by Crippen LogP contribution is -2.39. The zero-order chi connectivity index (χ0) is 17.7. The van der Waals surface area contributed by atoms with E-state index >= 15 is 0 Å². The van der Waals surface area contributed by atoms with E-state index in [0.29, 0.717) is 6.54 Å². The predicted octanol–water partition coefficient (Wildman–Crippen LogP) is 4.39. The Morgan fingerprint density at radius 1 is 1.16 bits per heavy atom. The molecule has 1 atom stereocenters. The predicted molar refractivity (Wildman–Crippen MR) is 103 cm³/mol. The number of benzene rings is 1. The normalized spacial score (nSPS) is 12.5. The molecule has 1 aromatic carbocycles. The Kier molecular flexibility index (Phi) is 8.63. The van der Waals surface area contributed by atoms with Gasteiger partial charge in [-0.05, 0) is 11.4 Å². The number of guanidine groups is 1. The van der Waals surface area contributed by atoms with Crippen LogP contribution in [-0.4, -0.2) is 19.6 Å². The molecule has 1 heterocycles. The van der Waals surface area contributed by atoms with E-state index in [4.69, 9.17) is 0 Å². The average Bonchev–Trinajstić information content (AvgIpc) is 3.10. The van der Waals surface area contributed by atoms with Gasteiger partial charge in [-0.25, -0.2) is 17.6 Å². The first-order valence-electron chi connectivity index (χ1n) is 7.23. The summed E-state index contributed by atoms with van der Waals surface area (Å²) in [6.07, 6.45) is 0. The van der Waals surface area contributed by atoms with Gasteiger partial charge in [0, 0.05) is 42.6 Å². The van der Waals surface area contributed by atoms with Gasteiger partial charge in [0.25, 0.3) is 0 Å². The smallest absolute Gasteiger partial charge is 0.191 e. The van der Waals surface area contributed by atoms with Gasteiger partial charge in [0.15, 0.2) is 29.2 Å². The summed E-state index contributed by atoms with van der Waals surface area (Å²) in [7, 11) is 1.49. The highest BCUT2D eigenvalue weighted by molar-refractivity contribution is 14.0. The fraction of sp³-hybridized carbons (Fsp3) is 0.312. The Labute approximate surface area is 164 Å². The molecule has 0 saturated carbocycles. The molecule has 0 aliphatic rings. The van der Waals surface area contributed by atoms with E-state index in [1.807, 2.05) is 24.4 Å². The van der Waals surface area contributed by atoms with Crippen molar-refractivity contribution in [2.45, 2.75) is 19.4 Å². The standard InChI is InChI=1S/C16H17F4N3S.HI/c1-9(13-4-3-5-24-13)7-22-16(21-2)23-8-10-14(19)11(17)6-12(18)15(10)20;/h3-6,9H,7-8H2,1-2H3,(H2,21,22,23);1H. The molecule has 1 aromatic heterocycles. The van der Waals surface area contributed by atoms with E-state index in [1.54, 1.807) is 11.3 Å². The molecule has 138 valence electrons. The van der Waals surface area contributed by atoms with Crippen molar-refractivity contribution in [1.29, 1.82) is 0 Å². The van der Waals surface area contributed by atoms with Gasteiger partial charge in [0.1, 0.15) is 0 Å². The molecule has 0 amide bonds. The minimum Gasteiger partial charge on any atom is -0.356 e. The number of rotatable bonds is 5. The van der Waals surface area contributed by atoms with Crippen molar-refractivity contribution in [3.63, 3.8) is 0 Å². The lowest BCUT2D eigenvalue weighted by atomic mass is 10.1. The second kappa shape index (κ2) is 9.95. The van der Waals surface area contributed by atoms with Crippen molar-refractivity contribution in [3.05, 3.63) is 57.3 Å². The number of hydrogen-bond donors (Lipinski definition) is 2. The van der Waals surface area contributed by atoms with Crippen LogP contribution in [0.3, 0.4) is 0 Å². The Morgan fingerprint density at radius 2 is 1.80 bits per heavy atom. The van der Waals surface area contributed by atoms with Crippen LogP contribution < -0.4 is 10.6 Å². The van der Waals surface area contributed by atoms with E-state index < -0.39 is 35.4 Å². The summed E-state index contributed by atoms with van der Waals surface area (Å²) in [5.74, 6) is -5.20. The van der Waals surface area contributed by atoms with Crippen LogP contribution >= 0.6 is 35.3 Å². The van der Waals surface area contributed by atoms with Crippen molar-refractivity contribution in [2.75, 3.05) is 13.6 Å². The van der Waals surface area contributed by atoms with Crippen LogP contribution in [0.4, 0.5) is 17.6 Å². The maximum atomic E-state index is 13.6. The summed E-state index contributed by atoms with van der Waals surface area (Å²) in [6, 6.07) is 4.14. The molecule has 25 heavy (non-hydrogen) atoms. The number of halogens is 5. The highest BCUT2D eigenvalue weighted by atomic mass is 127. The van der Waals surface area contributed by atoms with Crippen molar-refractivity contribution < 1.29 is 17.6 Å². The van der Waals surface area contributed by atoms with Gasteiger partial charge in [-0.15, -0.1) is 35.3 Å². The molecule has 2 N–H and O–H groups in total. The molecular weight excluding hydrogens is 469 g/mol. The zero-order valence-electron chi connectivity index (χ0n) is 13.6. The van der Waals surface area contributed by atoms with Crippen molar-refractivity contribution in [1.82, 2.24) is 10.6 Å². The summed E-state index contributed by atoms with van der Waals surface area (Å²) in [4.78, 5) is 5.11. The van der Waals surface area contributed by atoms with E-state index in [-0.39, 0.29) is 41.9 Å². The Bertz CT molecular complexity index is 696. The lowest BCUT2D eigenvalue weighted by Gasteiger charge is -2.16. The van der Waals surface area contributed by atoms with Gasteiger partial charge < -0.3 is 10.6 Å². The molecule has 9 heteroatoms. The molecular formula is C16H18F4IN3S. The molecule has 0 fully saturated rings. The summed E-state index contributed by atoms with van der Waals surface area (Å²) < 4.78 is 53.6. The minimum atomic E-state index is -1.43. The average molecular weight is 487 g/mol. The molecule has 0 bridgehead atoms. The topological polar surface area (TPSA) is 36.4 Å². The van der Waals surface area contributed by atoms with E-state index in [0.717, 1.165) is 0 Å². The van der Waals surface area contributed by atoms with Crippen LogP contribution in [0.5, 0.6) is 0 Å². The molecule has 0 aliphatic carbocycles. The van der Waals surface area contributed by atoms with Crippen LogP contribution in [0.25, 0.3) is 0 Å². The summed E-state index contributed by atoms with van der Waals surface area (Å²) in [5.41, 5.74) is -0.707. The molecule has 0 aliphatic heterocycles. The fourth-order valence-corrected chi connectivity index (χ4v) is 2.88. The highest BCUT2D eigenvalue weighted by Crippen LogP contribution is 2.20. The number of thiophene rings is 1. The molecule has 1 unspecified atom stereocenters. The fourth-order valence-electron chi connectivity index (χ4n) is 2.09. The first-order valence-corrected chi connectivity index (χ1v) is 8.11. The Hall–Kier alpha value is -1.36. The molecule has 0 radical (unpaired) electrons. The van der Waals surface area contributed by atoms with Crippen LogP contribution in [0.2, 0.25) is 0 Å². The monoisotopic (exact) mass is 487 g/mol. The minimum absolute atomic E-state index is 0. The largest absolute Gasteiger partial charge is 0.356 e. The molecule has 2 aromatic rings. The van der Waals surface area contributed by atoms with Gasteiger partial charge in [-0.3, -0.25) is 4.99 Å². The maximum absolute atomic E-state index is 13.6. The van der Waals surface area contributed by atoms with E-state index in [2.05, 4.69) is 15.6 Å². The highest BCUT2D eigenvalue weighted by Gasteiger charge is 2.19.